The number of aryl methyl sites for hydroxylation is 1. The highest BCUT2D eigenvalue weighted by molar-refractivity contribution is 7.89. The largest absolute Gasteiger partial charge is 0.352 e. The van der Waals surface area contributed by atoms with Gasteiger partial charge >= 0.3 is 0 Å². The van der Waals surface area contributed by atoms with E-state index in [-0.39, 0.29) is 5.54 Å². The molecule has 1 saturated carbocycles. The zero-order valence-electron chi connectivity index (χ0n) is 10.2. The predicted molar refractivity (Wildman–Crippen MR) is 65.9 cm³/mol. The summed E-state index contributed by atoms with van der Waals surface area (Å²) in [6, 6.07) is 1.63. The summed E-state index contributed by atoms with van der Waals surface area (Å²) in [7, 11) is -1.62. The molecule has 0 amide bonds. The number of aromatic nitrogens is 1. The van der Waals surface area contributed by atoms with Gasteiger partial charge in [-0.25, -0.2) is 13.1 Å². The van der Waals surface area contributed by atoms with Crippen LogP contribution in [0.4, 0.5) is 0 Å². The van der Waals surface area contributed by atoms with Crippen molar-refractivity contribution in [1.82, 2.24) is 9.29 Å². The Morgan fingerprint density at radius 2 is 2.18 bits per heavy atom. The van der Waals surface area contributed by atoms with Gasteiger partial charge in [0.15, 0.2) is 0 Å². The van der Waals surface area contributed by atoms with Crippen molar-refractivity contribution >= 4 is 10.0 Å². The standard InChI is InChI=1S/C11H19N3O2S/c1-11(4-3-5-11)13-17(15,16)10-6-9(7-12)14(2)8-10/h6,8,13H,3-5,7,12H2,1-2H3. The molecule has 3 N–H and O–H groups in total. The zero-order chi connectivity index (χ0) is 12.7. The molecule has 0 radical (unpaired) electrons. The van der Waals surface area contributed by atoms with E-state index in [1.54, 1.807) is 23.9 Å². The molecule has 0 spiro atoms. The number of rotatable bonds is 4. The van der Waals surface area contributed by atoms with E-state index in [0.717, 1.165) is 25.0 Å². The molecule has 0 saturated heterocycles. The minimum Gasteiger partial charge on any atom is -0.352 e. The lowest BCUT2D eigenvalue weighted by Gasteiger charge is -2.38. The molecule has 5 nitrogen and oxygen atoms in total. The second-order valence-electron chi connectivity index (χ2n) is 5.00. The minimum atomic E-state index is -3.42. The number of sulfonamides is 1. The Kier molecular flexibility index (Phi) is 3.05. The van der Waals surface area contributed by atoms with E-state index in [2.05, 4.69) is 4.72 Å². The molecule has 1 aliphatic rings. The molecule has 2 rings (SSSR count). The topological polar surface area (TPSA) is 77.1 Å². The number of nitrogens with zero attached hydrogens (tertiary/aromatic N) is 1. The van der Waals surface area contributed by atoms with E-state index >= 15 is 0 Å². The van der Waals surface area contributed by atoms with Gasteiger partial charge in [-0.2, -0.15) is 0 Å². The molecule has 1 fully saturated rings. The summed E-state index contributed by atoms with van der Waals surface area (Å²) in [6.07, 6.45) is 4.50. The van der Waals surface area contributed by atoms with E-state index in [1.807, 2.05) is 6.92 Å². The summed E-state index contributed by atoms with van der Waals surface area (Å²) in [5, 5.41) is 0. The van der Waals surface area contributed by atoms with E-state index < -0.39 is 10.0 Å². The van der Waals surface area contributed by atoms with Crippen LogP contribution >= 0.6 is 0 Å². The van der Waals surface area contributed by atoms with Crippen LogP contribution in [0.3, 0.4) is 0 Å². The minimum absolute atomic E-state index is 0.266. The van der Waals surface area contributed by atoms with Crippen molar-refractivity contribution < 1.29 is 8.42 Å². The maximum Gasteiger partial charge on any atom is 0.242 e. The van der Waals surface area contributed by atoms with Crippen LogP contribution in [0.2, 0.25) is 0 Å². The molecule has 0 aromatic carbocycles. The molecule has 0 aliphatic heterocycles. The Bertz CT molecular complexity index is 515. The maximum atomic E-state index is 12.2. The first-order valence-electron chi connectivity index (χ1n) is 5.76. The Hall–Kier alpha value is -0.850. The summed E-state index contributed by atoms with van der Waals surface area (Å²) < 4.78 is 28.8. The number of nitrogens with one attached hydrogen (secondary N) is 1. The van der Waals surface area contributed by atoms with Crippen molar-refractivity contribution in [3.8, 4) is 0 Å². The molecule has 6 heteroatoms. The second-order valence-corrected chi connectivity index (χ2v) is 6.68. The third-order valence-electron chi connectivity index (χ3n) is 3.44. The molecule has 0 unspecified atom stereocenters. The number of nitrogens with two attached hydrogens (primary N) is 1. The summed E-state index contributed by atoms with van der Waals surface area (Å²) >= 11 is 0. The fourth-order valence-corrected chi connectivity index (χ4v) is 3.68. The summed E-state index contributed by atoms with van der Waals surface area (Å²) in [5.74, 6) is 0. The molecule has 96 valence electrons. The van der Waals surface area contributed by atoms with Crippen LogP contribution in [-0.2, 0) is 23.6 Å². The van der Waals surface area contributed by atoms with Crippen LogP contribution in [0.15, 0.2) is 17.2 Å². The average molecular weight is 257 g/mol. The van der Waals surface area contributed by atoms with Gasteiger partial charge in [0.1, 0.15) is 0 Å². The third-order valence-corrected chi connectivity index (χ3v) is 5.05. The highest BCUT2D eigenvalue weighted by Gasteiger charge is 2.36. The van der Waals surface area contributed by atoms with Crippen molar-refractivity contribution in [3.63, 3.8) is 0 Å². The zero-order valence-corrected chi connectivity index (χ0v) is 11.0. The first-order chi connectivity index (χ1) is 7.86. The van der Waals surface area contributed by atoms with Crippen LogP contribution in [0, 0.1) is 0 Å². The Balaban J connectivity index is 2.25. The van der Waals surface area contributed by atoms with Gasteiger partial charge in [-0.1, -0.05) is 0 Å². The van der Waals surface area contributed by atoms with Crippen LogP contribution in [0.1, 0.15) is 31.9 Å². The Morgan fingerprint density at radius 3 is 2.59 bits per heavy atom. The first kappa shape index (κ1) is 12.6. The van der Waals surface area contributed by atoms with Crippen LogP contribution in [0.25, 0.3) is 0 Å². The molecule has 1 aromatic heterocycles. The summed E-state index contributed by atoms with van der Waals surface area (Å²) in [4.78, 5) is 0.300. The SMILES string of the molecule is Cn1cc(S(=O)(=O)NC2(C)CCC2)cc1CN. The van der Waals surface area contributed by atoms with E-state index in [4.69, 9.17) is 5.73 Å². The van der Waals surface area contributed by atoms with Crippen molar-refractivity contribution in [2.24, 2.45) is 12.8 Å². The van der Waals surface area contributed by atoms with E-state index in [1.165, 1.54) is 0 Å². The normalized spacial score (nSPS) is 19.0. The highest BCUT2D eigenvalue weighted by Crippen LogP contribution is 2.32. The smallest absolute Gasteiger partial charge is 0.242 e. The van der Waals surface area contributed by atoms with Gasteiger partial charge in [-0.3, -0.25) is 0 Å². The molecule has 1 aliphatic carbocycles. The quantitative estimate of drug-likeness (QED) is 0.833. The first-order valence-corrected chi connectivity index (χ1v) is 7.24. The number of hydrogen-bond acceptors (Lipinski definition) is 3. The lowest BCUT2D eigenvalue weighted by Crippen LogP contribution is -2.50. The highest BCUT2D eigenvalue weighted by atomic mass is 32.2. The fourth-order valence-electron chi connectivity index (χ4n) is 2.12. The average Bonchev–Trinajstić information content (AvgIpc) is 2.57. The van der Waals surface area contributed by atoms with Gasteiger partial charge in [-0.15, -0.1) is 0 Å². The van der Waals surface area contributed by atoms with Crippen molar-refractivity contribution in [1.29, 1.82) is 0 Å². The van der Waals surface area contributed by atoms with Gasteiger partial charge < -0.3 is 10.3 Å². The fraction of sp³-hybridized carbons (Fsp3) is 0.636. The molecule has 0 bridgehead atoms. The molecule has 1 aromatic rings. The lowest BCUT2D eigenvalue weighted by molar-refractivity contribution is 0.248. The van der Waals surface area contributed by atoms with Crippen LogP contribution < -0.4 is 10.5 Å². The molecular weight excluding hydrogens is 238 g/mol. The van der Waals surface area contributed by atoms with Crippen molar-refractivity contribution in [2.75, 3.05) is 0 Å². The third kappa shape index (κ3) is 2.38. The van der Waals surface area contributed by atoms with Crippen molar-refractivity contribution in [2.45, 2.75) is 43.2 Å². The van der Waals surface area contributed by atoms with Gasteiger partial charge in [0.05, 0.1) is 4.90 Å². The maximum absolute atomic E-state index is 12.2. The number of hydrogen-bond donors (Lipinski definition) is 2. The lowest BCUT2D eigenvalue weighted by atomic mass is 9.80. The second kappa shape index (κ2) is 4.12. The summed E-state index contributed by atoms with van der Waals surface area (Å²) in [5.41, 5.74) is 6.08. The molecule has 0 atom stereocenters. The predicted octanol–water partition coefficient (Wildman–Crippen LogP) is 0.705. The molecule has 17 heavy (non-hydrogen) atoms. The van der Waals surface area contributed by atoms with Crippen LogP contribution in [0.5, 0.6) is 0 Å². The van der Waals surface area contributed by atoms with Gasteiger partial charge in [0.25, 0.3) is 0 Å². The van der Waals surface area contributed by atoms with E-state index in [0.29, 0.717) is 11.4 Å². The monoisotopic (exact) mass is 257 g/mol. The Morgan fingerprint density at radius 1 is 1.53 bits per heavy atom. The van der Waals surface area contributed by atoms with Crippen molar-refractivity contribution in [3.05, 3.63) is 18.0 Å². The molecular formula is C11H19N3O2S. The summed E-state index contributed by atoms with van der Waals surface area (Å²) in [6.45, 7) is 2.28. The van der Waals surface area contributed by atoms with E-state index in [9.17, 15) is 8.42 Å². The van der Waals surface area contributed by atoms with Gasteiger partial charge in [-0.05, 0) is 32.3 Å². The van der Waals surface area contributed by atoms with Gasteiger partial charge in [0.2, 0.25) is 10.0 Å². The van der Waals surface area contributed by atoms with Crippen LogP contribution in [-0.4, -0.2) is 18.5 Å². The Labute approximate surface area is 102 Å². The molecule has 1 heterocycles. The van der Waals surface area contributed by atoms with Gasteiger partial charge in [0, 0.05) is 31.0 Å².